The number of ether oxygens (including phenoxy) is 2. The fourth-order valence-electron chi connectivity index (χ4n) is 2.57. The lowest BCUT2D eigenvalue weighted by molar-refractivity contribution is -0.115. The van der Waals surface area contributed by atoms with Crippen LogP contribution in [0.25, 0.3) is 11.0 Å². The highest BCUT2D eigenvalue weighted by atomic mass is 16.5. The minimum Gasteiger partial charge on any atom is -0.497 e. The third-order valence-electron chi connectivity index (χ3n) is 3.84. The molecular formula is C18H19N3O3. The Hall–Kier alpha value is -3.02. The minimum absolute atomic E-state index is 0.117. The maximum atomic E-state index is 12.3. The first-order valence-corrected chi connectivity index (χ1v) is 7.52. The average molecular weight is 325 g/mol. The second-order valence-corrected chi connectivity index (χ2v) is 5.47. The van der Waals surface area contributed by atoms with Gasteiger partial charge in [-0.05, 0) is 29.8 Å². The number of anilines is 1. The molecular weight excluding hydrogens is 306 g/mol. The summed E-state index contributed by atoms with van der Waals surface area (Å²) in [6.07, 6.45) is 2.03. The van der Waals surface area contributed by atoms with E-state index in [1.54, 1.807) is 38.7 Å². The highest BCUT2D eigenvalue weighted by molar-refractivity contribution is 5.94. The van der Waals surface area contributed by atoms with Crippen LogP contribution in [-0.4, -0.2) is 29.7 Å². The van der Waals surface area contributed by atoms with Crippen molar-refractivity contribution in [3.63, 3.8) is 0 Å². The van der Waals surface area contributed by atoms with Crippen molar-refractivity contribution in [1.29, 1.82) is 0 Å². The quantitative estimate of drug-likeness (QED) is 0.783. The van der Waals surface area contributed by atoms with Gasteiger partial charge in [-0.3, -0.25) is 4.79 Å². The number of amides is 1. The summed E-state index contributed by atoms with van der Waals surface area (Å²) in [6, 6.07) is 11.1. The Morgan fingerprint density at radius 2 is 2.00 bits per heavy atom. The number of benzene rings is 2. The van der Waals surface area contributed by atoms with Crippen LogP contribution in [0.1, 0.15) is 5.56 Å². The van der Waals surface area contributed by atoms with Crippen molar-refractivity contribution in [3.8, 4) is 11.5 Å². The fourth-order valence-corrected chi connectivity index (χ4v) is 2.57. The summed E-state index contributed by atoms with van der Waals surface area (Å²) in [5.41, 5.74) is 3.44. The molecule has 2 aromatic carbocycles. The lowest BCUT2D eigenvalue weighted by Crippen LogP contribution is -2.15. The topological polar surface area (TPSA) is 65.4 Å². The Morgan fingerprint density at radius 1 is 1.17 bits per heavy atom. The molecule has 0 radical (unpaired) electrons. The Bertz CT molecular complexity index is 886. The molecule has 1 amide bonds. The van der Waals surface area contributed by atoms with Crippen LogP contribution < -0.4 is 14.8 Å². The van der Waals surface area contributed by atoms with E-state index in [2.05, 4.69) is 10.3 Å². The molecule has 1 N–H and O–H groups in total. The number of aromatic nitrogens is 2. The first-order valence-electron chi connectivity index (χ1n) is 7.52. The van der Waals surface area contributed by atoms with Crippen LogP contribution in [0.4, 0.5) is 5.69 Å². The van der Waals surface area contributed by atoms with Crippen molar-refractivity contribution < 1.29 is 14.3 Å². The molecule has 0 fully saturated rings. The van der Waals surface area contributed by atoms with E-state index in [0.717, 1.165) is 16.6 Å². The molecule has 0 aliphatic carbocycles. The van der Waals surface area contributed by atoms with Gasteiger partial charge in [-0.15, -0.1) is 0 Å². The Morgan fingerprint density at radius 3 is 2.75 bits per heavy atom. The van der Waals surface area contributed by atoms with Crippen LogP contribution >= 0.6 is 0 Å². The van der Waals surface area contributed by atoms with Gasteiger partial charge in [0.1, 0.15) is 11.5 Å². The van der Waals surface area contributed by atoms with Crippen LogP contribution in [0.5, 0.6) is 11.5 Å². The second-order valence-electron chi connectivity index (χ2n) is 5.47. The zero-order valence-corrected chi connectivity index (χ0v) is 13.9. The first kappa shape index (κ1) is 15.9. The number of aryl methyl sites for hydroxylation is 1. The van der Waals surface area contributed by atoms with Crippen LogP contribution in [0.15, 0.2) is 42.7 Å². The number of fused-ring (bicyclic) bond motifs is 1. The predicted molar refractivity (Wildman–Crippen MR) is 92.6 cm³/mol. The molecule has 0 bridgehead atoms. The number of carbonyl (C=O) groups excluding carboxylic acids is 1. The van der Waals surface area contributed by atoms with Crippen molar-refractivity contribution in [2.75, 3.05) is 19.5 Å². The number of hydrogen-bond acceptors (Lipinski definition) is 4. The lowest BCUT2D eigenvalue weighted by atomic mass is 10.1. The van der Waals surface area contributed by atoms with Crippen molar-refractivity contribution in [3.05, 3.63) is 48.3 Å². The van der Waals surface area contributed by atoms with Crippen molar-refractivity contribution >= 4 is 22.6 Å². The van der Waals surface area contributed by atoms with E-state index in [4.69, 9.17) is 9.47 Å². The molecule has 24 heavy (non-hydrogen) atoms. The van der Waals surface area contributed by atoms with E-state index in [1.807, 2.05) is 29.8 Å². The number of methoxy groups -OCH3 is 2. The van der Waals surface area contributed by atoms with E-state index in [0.29, 0.717) is 17.2 Å². The van der Waals surface area contributed by atoms with Crippen LogP contribution in [0.3, 0.4) is 0 Å². The molecule has 3 rings (SSSR count). The molecule has 0 unspecified atom stereocenters. The van der Waals surface area contributed by atoms with Crippen LogP contribution in [0, 0.1) is 0 Å². The maximum Gasteiger partial charge on any atom is 0.228 e. The van der Waals surface area contributed by atoms with Crippen LogP contribution in [-0.2, 0) is 18.3 Å². The van der Waals surface area contributed by atoms with Gasteiger partial charge < -0.3 is 19.4 Å². The molecule has 0 aliphatic heterocycles. The van der Waals surface area contributed by atoms with E-state index >= 15 is 0 Å². The van der Waals surface area contributed by atoms with E-state index in [1.165, 1.54) is 0 Å². The molecule has 1 heterocycles. The molecule has 0 saturated carbocycles. The number of nitrogens with zero attached hydrogens (tertiary/aromatic N) is 2. The van der Waals surface area contributed by atoms with Gasteiger partial charge in [0, 0.05) is 13.1 Å². The van der Waals surface area contributed by atoms with Crippen molar-refractivity contribution in [1.82, 2.24) is 9.55 Å². The zero-order valence-electron chi connectivity index (χ0n) is 13.9. The standard InChI is InChI=1S/C18H19N3O3/c1-21-11-19-15-8-12(4-7-16(15)21)9-18(22)20-14-6-5-13(23-2)10-17(14)24-3/h4-8,10-11H,9H2,1-3H3,(H,20,22). The summed E-state index contributed by atoms with van der Waals surface area (Å²) < 4.78 is 12.4. The predicted octanol–water partition coefficient (Wildman–Crippen LogP) is 2.77. The number of imidazole rings is 1. The van der Waals surface area contributed by atoms with Gasteiger partial charge in [-0.1, -0.05) is 6.07 Å². The van der Waals surface area contributed by atoms with Gasteiger partial charge in [-0.2, -0.15) is 0 Å². The molecule has 0 spiro atoms. The molecule has 0 aliphatic rings. The number of carbonyl (C=O) groups is 1. The first-order chi connectivity index (χ1) is 11.6. The van der Waals surface area contributed by atoms with Crippen molar-refractivity contribution in [2.24, 2.45) is 7.05 Å². The summed E-state index contributed by atoms with van der Waals surface area (Å²) in [5, 5.41) is 2.87. The monoisotopic (exact) mass is 325 g/mol. The summed E-state index contributed by atoms with van der Waals surface area (Å²) in [7, 11) is 5.08. The molecule has 6 heteroatoms. The van der Waals surface area contributed by atoms with E-state index in [-0.39, 0.29) is 12.3 Å². The second kappa shape index (κ2) is 6.62. The van der Waals surface area contributed by atoms with Crippen molar-refractivity contribution in [2.45, 2.75) is 6.42 Å². The van der Waals surface area contributed by atoms with Gasteiger partial charge in [0.05, 0.1) is 43.7 Å². The SMILES string of the molecule is COc1ccc(NC(=O)Cc2ccc3c(c2)ncn3C)c(OC)c1. The van der Waals surface area contributed by atoms with Gasteiger partial charge in [0.25, 0.3) is 0 Å². The molecule has 3 aromatic rings. The Labute approximate surface area is 140 Å². The third-order valence-corrected chi connectivity index (χ3v) is 3.84. The van der Waals surface area contributed by atoms with Gasteiger partial charge in [0.2, 0.25) is 5.91 Å². The fraction of sp³-hybridized carbons (Fsp3) is 0.222. The molecule has 124 valence electrons. The van der Waals surface area contributed by atoms with E-state index in [9.17, 15) is 4.79 Å². The average Bonchev–Trinajstić information content (AvgIpc) is 2.95. The van der Waals surface area contributed by atoms with Gasteiger partial charge >= 0.3 is 0 Å². The molecule has 0 atom stereocenters. The molecule has 0 saturated heterocycles. The Kier molecular flexibility index (Phi) is 4.37. The highest BCUT2D eigenvalue weighted by Gasteiger charge is 2.10. The summed E-state index contributed by atoms with van der Waals surface area (Å²) in [6.45, 7) is 0. The Balaban J connectivity index is 1.74. The maximum absolute atomic E-state index is 12.3. The minimum atomic E-state index is -0.117. The van der Waals surface area contributed by atoms with Gasteiger partial charge in [-0.25, -0.2) is 4.98 Å². The largest absolute Gasteiger partial charge is 0.497 e. The summed E-state index contributed by atoms with van der Waals surface area (Å²) >= 11 is 0. The summed E-state index contributed by atoms with van der Waals surface area (Å²) in [4.78, 5) is 16.6. The lowest BCUT2D eigenvalue weighted by Gasteiger charge is -2.11. The number of rotatable bonds is 5. The zero-order chi connectivity index (χ0) is 17.1. The molecule has 6 nitrogen and oxygen atoms in total. The smallest absolute Gasteiger partial charge is 0.228 e. The molecule has 1 aromatic heterocycles. The number of nitrogens with one attached hydrogen (secondary N) is 1. The van der Waals surface area contributed by atoms with E-state index < -0.39 is 0 Å². The normalized spacial score (nSPS) is 10.6. The summed E-state index contributed by atoms with van der Waals surface area (Å²) in [5.74, 6) is 1.11. The third kappa shape index (κ3) is 3.17. The highest BCUT2D eigenvalue weighted by Crippen LogP contribution is 2.29. The van der Waals surface area contributed by atoms with Gasteiger partial charge in [0.15, 0.2) is 0 Å². The van der Waals surface area contributed by atoms with Crippen LogP contribution in [0.2, 0.25) is 0 Å². The number of hydrogen-bond donors (Lipinski definition) is 1.